The summed E-state index contributed by atoms with van der Waals surface area (Å²) in [5.74, 6) is 0.473. The molecule has 2 N–H and O–H groups in total. The van der Waals surface area contributed by atoms with Gasteiger partial charge in [0.2, 0.25) is 0 Å². The van der Waals surface area contributed by atoms with Crippen LogP contribution in [0.5, 0.6) is 0 Å². The number of thiazole rings is 1. The summed E-state index contributed by atoms with van der Waals surface area (Å²) in [4.78, 5) is 7.98. The third kappa shape index (κ3) is 2.77. The lowest BCUT2D eigenvalue weighted by atomic mass is 10.1. The number of nitrogens with zero attached hydrogens (tertiary/aromatic N) is 2. The van der Waals surface area contributed by atoms with E-state index in [-0.39, 0.29) is 0 Å². The van der Waals surface area contributed by atoms with Gasteiger partial charge in [0.1, 0.15) is 5.01 Å². The average molecular weight is 213 g/mol. The van der Waals surface area contributed by atoms with Crippen molar-refractivity contribution in [3.05, 3.63) is 15.6 Å². The minimum atomic E-state index is 0.473. The third-order valence-corrected chi connectivity index (χ3v) is 3.03. The summed E-state index contributed by atoms with van der Waals surface area (Å²) >= 11 is 1.74. The molecule has 0 saturated heterocycles. The maximum Gasteiger partial charge on any atom is 0.107 e. The molecule has 14 heavy (non-hydrogen) atoms. The first kappa shape index (κ1) is 11.6. The van der Waals surface area contributed by atoms with Gasteiger partial charge < -0.3 is 10.6 Å². The highest BCUT2D eigenvalue weighted by atomic mass is 32.1. The monoisotopic (exact) mass is 213 g/mol. The van der Waals surface area contributed by atoms with Crippen molar-refractivity contribution in [2.45, 2.75) is 32.9 Å². The molecule has 0 saturated carbocycles. The predicted octanol–water partition coefficient (Wildman–Crippen LogP) is 1.79. The summed E-state index contributed by atoms with van der Waals surface area (Å²) in [6.45, 7) is 5.84. The minimum absolute atomic E-state index is 0.473. The molecular weight excluding hydrogens is 194 g/mol. The molecule has 1 aromatic rings. The molecule has 0 aromatic carbocycles. The minimum Gasteiger partial charge on any atom is -0.326 e. The molecule has 0 fully saturated rings. The Morgan fingerprint density at radius 2 is 2.07 bits per heavy atom. The summed E-state index contributed by atoms with van der Waals surface area (Å²) in [6, 6.07) is 0. The third-order valence-electron chi connectivity index (χ3n) is 1.96. The van der Waals surface area contributed by atoms with Crippen LogP contribution in [-0.2, 0) is 13.1 Å². The summed E-state index contributed by atoms with van der Waals surface area (Å²) < 4.78 is 0. The van der Waals surface area contributed by atoms with Gasteiger partial charge in [0, 0.05) is 18.0 Å². The van der Waals surface area contributed by atoms with E-state index in [1.54, 1.807) is 11.3 Å². The van der Waals surface area contributed by atoms with Gasteiger partial charge in [-0.25, -0.2) is 4.98 Å². The highest BCUT2D eigenvalue weighted by Crippen LogP contribution is 2.25. The Morgan fingerprint density at radius 1 is 1.43 bits per heavy atom. The highest BCUT2D eigenvalue weighted by molar-refractivity contribution is 7.11. The van der Waals surface area contributed by atoms with E-state index in [1.807, 2.05) is 0 Å². The number of nitrogens with two attached hydrogens (primary N) is 1. The Balaban J connectivity index is 2.89. The van der Waals surface area contributed by atoms with Crippen LogP contribution in [0.2, 0.25) is 0 Å². The molecule has 4 heteroatoms. The summed E-state index contributed by atoms with van der Waals surface area (Å²) in [5, 5.41) is 1.17. The second kappa shape index (κ2) is 4.87. The van der Waals surface area contributed by atoms with Gasteiger partial charge in [-0.2, -0.15) is 0 Å². The molecule has 0 amide bonds. The van der Waals surface area contributed by atoms with Crippen LogP contribution in [0.1, 0.15) is 35.3 Å². The van der Waals surface area contributed by atoms with Crippen molar-refractivity contribution in [3.63, 3.8) is 0 Å². The molecule has 0 aliphatic carbocycles. The Labute approximate surface area is 89.9 Å². The second-order valence-corrected chi connectivity index (χ2v) is 5.18. The maximum atomic E-state index is 5.69. The van der Waals surface area contributed by atoms with Crippen molar-refractivity contribution < 1.29 is 0 Å². The van der Waals surface area contributed by atoms with Gasteiger partial charge in [0.25, 0.3) is 0 Å². The number of hydrogen-bond acceptors (Lipinski definition) is 4. The van der Waals surface area contributed by atoms with Crippen molar-refractivity contribution in [1.29, 1.82) is 0 Å². The van der Waals surface area contributed by atoms with Crippen LogP contribution in [-0.4, -0.2) is 24.0 Å². The molecule has 1 aromatic heterocycles. The average Bonchev–Trinajstić information content (AvgIpc) is 2.46. The van der Waals surface area contributed by atoms with E-state index in [2.05, 4.69) is 37.8 Å². The van der Waals surface area contributed by atoms with Gasteiger partial charge in [-0.3, -0.25) is 0 Å². The van der Waals surface area contributed by atoms with Gasteiger partial charge in [-0.15, -0.1) is 11.3 Å². The van der Waals surface area contributed by atoms with E-state index < -0.39 is 0 Å². The Kier molecular flexibility index (Phi) is 4.04. The number of aromatic nitrogens is 1. The van der Waals surface area contributed by atoms with E-state index in [0.29, 0.717) is 12.5 Å². The smallest absolute Gasteiger partial charge is 0.107 e. The zero-order valence-corrected chi connectivity index (χ0v) is 10.2. The number of rotatable bonds is 4. The Bertz CT molecular complexity index is 292. The standard InChI is InChI=1S/C10H19N3S/c1-7(2)10-8(5-11)14-9(12-10)6-13(3)4/h7H,5-6,11H2,1-4H3. The van der Waals surface area contributed by atoms with Gasteiger partial charge >= 0.3 is 0 Å². The van der Waals surface area contributed by atoms with Gasteiger partial charge in [-0.1, -0.05) is 13.8 Å². The van der Waals surface area contributed by atoms with Crippen molar-refractivity contribution in [1.82, 2.24) is 9.88 Å². The van der Waals surface area contributed by atoms with E-state index in [1.165, 1.54) is 15.6 Å². The predicted molar refractivity (Wildman–Crippen MR) is 61.5 cm³/mol. The molecule has 80 valence electrons. The SMILES string of the molecule is CC(C)c1nc(CN(C)C)sc1CN. The fourth-order valence-electron chi connectivity index (χ4n) is 1.35. The molecule has 3 nitrogen and oxygen atoms in total. The Morgan fingerprint density at radius 3 is 2.43 bits per heavy atom. The second-order valence-electron chi connectivity index (χ2n) is 4.01. The van der Waals surface area contributed by atoms with E-state index in [0.717, 1.165) is 6.54 Å². The molecule has 0 unspecified atom stereocenters. The van der Waals surface area contributed by atoms with E-state index in [4.69, 9.17) is 5.73 Å². The van der Waals surface area contributed by atoms with E-state index in [9.17, 15) is 0 Å². The largest absolute Gasteiger partial charge is 0.326 e. The molecule has 1 rings (SSSR count). The first-order valence-corrected chi connectivity index (χ1v) is 5.69. The van der Waals surface area contributed by atoms with Crippen LogP contribution in [0.3, 0.4) is 0 Å². The molecule has 0 spiro atoms. The fraction of sp³-hybridized carbons (Fsp3) is 0.700. The lowest BCUT2D eigenvalue weighted by Crippen LogP contribution is -2.10. The van der Waals surface area contributed by atoms with Gasteiger partial charge in [0.15, 0.2) is 0 Å². The lowest BCUT2D eigenvalue weighted by molar-refractivity contribution is 0.401. The molecule has 0 radical (unpaired) electrons. The van der Waals surface area contributed by atoms with Crippen LogP contribution in [0.4, 0.5) is 0 Å². The van der Waals surface area contributed by atoms with Crippen LogP contribution < -0.4 is 5.73 Å². The van der Waals surface area contributed by atoms with Gasteiger partial charge in [0.05, 0.1) is 5.69 Å². The first-order valence-electron chi connectivity index (χ1n) is 4.87. The quantitative estimate of drug-likeness (QED) is 0.829. The van der Waals surface area contributed by atoms with Crippen LogP contribution in [0.15, 0.2) is 0 Å². The van der Waals surface area contributed by atoms with Crippen molar-refractivity contribution in [2.75, 3.05) is 14.1 Å². The Hall–Kier alpha value is -0.450. The molecule has 0 atom stereocenters. The van der Waals surface area contributed by atoms with E-state index >= 15 is 0 Å². The zero-order valence-electron chi connectivity index (χ0n) is 9.37. The molecule has 0 aliphatic rings. The van der Waals surface area contributed by atoms with Crippen LogP contribution in [0.25, 0.3) is 0 Å². The molecular formula is C10H19N3S. The van der Waals surface area contributed by atoms with Crippen LogP contribution >= 0.6 is 11.3 Å². The summed E-state index contributed by atoms with van der Waals surface area (Å²) in [7, 11) is 4.11. The lowest BCUT2D eigenvalue weighted by Gasteiger charge is -2.05. The van der Waals surface area contributed by atoms with Crippen LogP contribution in [0, 0.1) is 0 Å². The maximum absolute atomic E-state index is 5.69. The molecule has 1 heterocycles. The van der Waals surface area contributed by atoms with Crippen molar-refractivity contribution in [2.24, 2.45) is 5.73 Å². The zero-order chi connectivity index (χ0) is 10.7. The highest BCUT2D eigenvalue weighted by Gasteiger charge is 2.12. The van der Waals surface area contributed by atoms with Gasteiger partial charge in [-0.05, 0) is 20.0 Å². The topological polar surface area (TPSA) is 42.2 Å². The normalized spacial score (nSPS) is 11.6. The molecule has 0 bridgehead atoms. The van der Waals surface area contributed by atoms with Crippen molar-refractivity contribution in [3.8, 4) is 0 Å². The van der Waals surface area contributed by atoms with Crippen molar-refractivity contribution >= 4 is 11.3 Å². The summed E-state index contributed by atoms with van der Waals surface area (Å²) in [6.07, 6.45) is 0. The number of hydrogen-bond donors (Lipinski definition) is 1. The molecule has 0 aliphatic heterocycles. The first-order chi connectivity index (χ1) is 6.54. The summed E-state index contributed by atoms with van der Waals surface area (Å²) in [5.41, 5.74) is 6.86. The fourth-order valence-corrected chi connectivity index (χ4v) is 2.57.